The summed E-state index contributed by atoms with van der Waals surface area (Å²) in [6.07, 6.45) is 3.11. The van der Waals surface area contributed by atoms with Crippen LogP contribution in [-0.4, -0.2) is 68.3 Å². The highest BCUT2D eigenvalue weighted by Gasteiger charge is 2.22. The number of ether oxygens (including phenoxy) is 1. The number of carbonyl (C=O) groups is 4. The van der Waals surface area contributed by atoms with Crippen molar-refractivity contribution in [1.82, 2.24) is 15.5 Å². The molecule has 0 aromatic carbocycles. The van der Waals surface area contributed by atoms with Crippen LogP contribution < -0.4 is 10.6 Å². The van der Waals surface area contributed by atoms with Crippen LogP contribution >= 0.6 is 0 Å². The number of carbonyl (C=O) groups excluding carboxylic acids is 4. The van der Waals surface area contributed by atoms with Gasteiger partial charge in [-0.3, -0.25) is 24.1 Å². The molecule has 0 bridgehead atoms. The number of amides is 3. The van der Waals surface area contributed by atoms with Crippen molar-refractivity contribution < 1.29 is 23.9 Å². The van der Waals surface area contributed by atoms with Gasteiger partial charge in [-0.15, -0.1) is 0 Å². The van der Waals surface area contributed by atoms with Crippen molar-refractivity contribution in [2.24, 2.45) is 0 Å². The van der Waals surface area contributed by atoms with E-state index in [4.69, 9.17) is 4.74 Å². The fourth-order valence-electron chi connectivity index (χ4n) is 1.65. The van der Waals surface area contributed by atoms with Gasteiger partial charge < -0.3 is 15.4 Å². The number of rotatable bonds is 10. The summed E-state index contributed by atoms with van der Waals surface area (Å²) < 4.78 is 5.03. The largest absolute Gasteiger partial charge is 0.381 e. The molecule has 0 radical (unpaired) electrons. The molecular formula is C16H27N3O5. The number of likely N-dealkylation sites (N-methyl/N-ethyl adjacent to an activating group) is 1. The first-order valence-corrected chi connectivity index (χ1v) is 7.94. The normalized spacial score (nSPS) is 12.9. The summed E-state index contributed by atoms with van der Waals surface area (Å²) in [6, 6.07) is 0. The van der Waals surface area contributed by atoms with Gasteiger partial charge in [-0.25, -0.2) is 0 Å². The molecule has 0 saturated heterocycles. The molecule has 0 unspecified atom stereocenters. The fraction of sp³-hybridized carbons (Fsp3) is 0.625. The minimum atomic E-state index is -0.332. The van der Waals surface area contributed by atoms with Gasteiger partial charge in [0.05, 0.1) is 6.61 Å². The van der Waals surface area contributed by atoms with Crippen LogP contribution in [0.1, 0.15) is 26.7 Å². The number of imide groups is 1. The number of ketones is 1. The number of hydrogen-bond acceptors (Lipinski definition) is 6. The van der Waals surface area contributed by atoms with Gasteiger partial charge in [-0.1, -0.05) is 0 Å². The molecule has 0 spiro atoms. The molecule has 0 fully saturated rings. The van der Waals surface area contributed by atoms with Gasteiger partial charge in [0.1, 0.15) is 5.78 Å². The SMILES string of the molecule is CC(=O)CCN1C(=O)C=CC1=O.CCOCCC(=O)NCCNC. The second-order valence-corrected chi connectivity index (χ2v) is 5.01. The molecule has 0 aromatic rings. The topological polar surface area (TPSA) is 105 Å². The second kappa shape index (κ2) is 13.4. The summed E-state index contributed by atoms with van der Waals surface area (Å²) in [5, 5.41) is 5.71. The maximum Gasteiger partial charge on any atom is 0.253 e. The van der Waals surface area contributed by atoms with E-state index in [9.17, 15) is 19.2 Å². The lowest BCUT2D eigenvalue weighted by Gasteiger charge is -2.11. The lowest BCUT2D eigenvalue weighted by atomic mass is 10.3. The van der Waals surface area contributed by atoms with E-state index in [0.717, 1.165) is 11.4 Å². The molecule has 24 heavy (non-hydrogen) atoms. The molecule has 2 N–H and O–H groups in total. The highest BCUT2D eigenvalue weighted by atomic mass is 16.5. The third-order valence-electron chi connectivity index (χ3n) is 2.96. The lowest BCUT2D eigenvalue weighted by Crippen LogP contribution is -2.31. The Bertz CT molecular complexity index is 433. The summed E-state index contributed by atoms with van der Waals surface area (Å²) in [7, 11) is 1.85. The first-order chi connectivity index (χ1) is 11.4. The third kappa shape index (κ3) is 10.6. The van der Waals surface area contributed by atoms with Gasteiger partial charge in [0.2, 0.25) is 5.91 Å². The van der Waals surface area contributed by atoms with Gasteiger partial charge >= 0.3 is 0 Å². The monoisotopic (exact) mass is 341 g/mol. The van der Waals surface area contributed by atoms with Crippen LogP contribution in [-0.2, 0) is 23.9 Å². The summed E-state index contributed by atoms with van der Waals surface area (Å²) in [5.41, 5.74) is 0. The summed E-state index contributed by atoms with van der Waals surface area (Å²) in [6.45, 7) is 6.21. The highest BCUT2D eigenvalue weighted by molar-refractivity contribution is 6.13. The van der Waals surface area contributed by atoms with Crippen LogP contribution in [0.3, 0.4) is 0 Å². The van der Waals surface area contributed by atoms with Crippen molar-refractivity contribution in [3.8, 4) is 0 Å². The van der Waals surface area contributed by atoms with E-state index in [1.165, 1.54) is 19.1 Å². The summed E-state index contributed by atoms with van der Waals surface area (Å²) in [4.78, 5) is 44.4. The van der Waals surface area contributed by atoms with Crippen LogP contribution in [0.25, 0.3) is 0 Å². The standard InChI is InChI=1S/C8H18N2O2.C8H9NO3/c1-3-12-7-4-8(11)10-6-5-9-2;1-6(10)4-5-9-7(11)2-3-8(9)12/h9H,3-7H2,1-2H3,(H,10,11);2-3H,4-5H2,1H3. The van der Waals surface area contributed by atoms with Crippen LogP contribution in [0.5, 0.6) is 0 Å². The molecule has 0 aromatic heterocycles. The third-order valence-corrected chi connectivity index (χ3v) is 2.96. The lowest BCUT2D eigenvalue weighted by molar-refractivity contribution is -0.137. The minimum absolute atomic E-state index is 0.0255. The van der Waals surface area contributed by atoms with Gasteiger partial charge in [-0.05, 0) is 20.9 Å². The first kappa shape index (κ1) is 21.9. The first-order valence-electron chi connectivity index (χ1n) is 7.94. The smallest absolute Gasteiger partial charge is 0.253 e. The second-order valence-electron chi connectivity index (χ2n) is 5.01. The predicted molar refractivity (Wildman–Crippen MR) is 89.2 cm³/mol. The Labute approximate surface area is 142 Å². The molecule has 136 valence electrons. The molecule has 0 aliphatic carbocycles. The zero-order valence-corrected chi connectivity index (χ0v) is 14.6. The molecule has 0 saturated carbocycles. The van der Waals surface area contributed by atoms with Crippen molar-refractivity contribution in [2.45, 2.75) is 26.7 Å². The van der Waals surface area contributed by atoms with E-state index in [1.807, 2.05) is 14.0 Å². The van der Waals surface area contributed by atoms with Gasteiger partial charge in [0, 0.05) is 51.2 Å². The number of hydrogen-bond donors (Lipinski definition) is 2. The number of Topliss-reactive ketones (excluding diaryl/α,β-unsaturated/α-hetero) is 1. The minimum Gasteiger partial charge on any atom is -0.381 e. The summed E-state index contributed by atoms with van der Waals surface area (Å²) >= 11 is 0. The maximum absolute atomic E-state index is 11.0. The van der Waals surface area contributed by atoms with Crippen LogP contribution in [0, 0.1) is 0 Å². The van der Waals surface area contributed by atoms with Crippen molar-refractivity contribution in [1.29, 1.82) is 0 Å². The van der Waals surface area contributed by atoms with E-state index >= 15 is 0 Å². The Morgan fingerprint density at radius 2 is 1.75 bits per heavy atom. The van der Waals surface area contributed by atoms with Crippen LogP contribution in [0.2, 0.25) is 0 Å². The van der Waals surface area contributed by atoms with Crippen molar-refractivity contribution >= 4 is 23.5 Å². The number of nitrogens with one attached hydrogen (secondary N) is 2. The van der Waals surface area contributed by atoms with E-state index in [-0.39, 0.29) is 36.5 Å². The van der Waals surface area contributed by atoms with E-state index in [2.05, 4.69) is 10.6 Å². The molecule has 0 atom stereocenters. The van der Waals surface area contributed by atoms with Gasteiger partial charge in [0.25, 0.3) is 11.8 Å². The fourth-order valence-corrected chi connectivity index (χ4v) is 1.65. The molecule has 8 nitrogen and oxygen atoms in total. The Morgan fingerprint density at radius 3 is 2.25 bits per heavy atom. The van der Waals surface area contributed by atoms with Gasteiger partial charge in [-0.2, -0.15) is 0 Å². The van der Waals surface area contributed by atoms with Gasteiger partial charge in [0.15, 0.2) is 0 Å². The average Bonchev–Trinajstić information content (AvgIpc) is 2.85. The van der Waals surface area contributed by atoms with Crippen LogP contribution in [0.4, 0.5) is 0 Å². The average molecular weight is 341 g/mol. The Kier molecular flexibility index (Phi) is 12.2. The Hall–Kier alpha value is -2.06. The van der Waals surface area contributed by atoms with E-state index in [1.54, 1.807) is 0 Å². The molecule has 8 heteroatoms. The zero-order chi connectivity index (χ0) is 18.4. The zero-order valence-electron chi connectivity index (χ0n) is 14.6. The summed E-state index contributed by atoms with van der Waals surface area (Å²) in [5.74, 6) is -0.635. The molecule has 1 aliphatic rings. The maximum atomic E-state index is 11.0. The van der Waals surface area contributed by atoms with E-state index < -0.39 is 0 Å². The predicted octanol–water partition coefficient (Wildman–Crippen LogP) is -0.361. The molecule has 1 heterocycles. The van der Waals surface area contributed by atoms with Crippen molar-refractivity contribution in [3.63, 3.8) is 0 Å². The van der Waals surface area contributed by atoms with E-state index in [0.29, 0.717) is 26.2 Å². The molecule has 1 rings (SSSR count). The Morgan fingerprint density at radius 1 is 1.12 bits per heavy atom. The van der Waals surface area contributed by atoms with Crippen molar-refractivity contribution in [3.05, 3.63) is 12.2 Å². The quantitative estimate of drug-likeness (QED) is 0.415. The van der Waals surface area contributed by atoms with Crippen molar-refractivity contribution in [2.75, 3.05) is 39.9 Å². The number of nitrogens with zero attached hydrogens (tertiary/aromatic N) is 1. The molecule has 1 aliphatic heterocycles. The molecule has 3 amide bonds. The highest BCUT2D eigenvalue weighted by Crippen LogP contribution is 2.03. The molecular weight excluding hydrogens is 314 g/mol. The Balaban J connectivity index is 0.000000441. The van der Waals surface area contributed by atoms with Crippen LogP contribution in [0.15, 0.2) is 12.2 Å².